The molecule has 0 heterocycles. The van der Waals surface area contributed by atoms with Crippen molar-refractivity contribution in [1.29, 1.82) is 0 Å². The number of anilines is 1. The zero-order valence-corrected chi connectivity index (χ0v) is 13.5. The first kappa shape index (κ1) is 17.4. The first-order chi connectivity index (χ1) is 9.67. The maximum absolute atomic E-state index is 12.3. The van der Waals surface area contributed by atoms with E-state index in [4.69, 9.17) is 5.84 Å². The highest BCUT2D eigenvalue weighted by Gasteiger charge is 2.21. The van der Waals surface area contributed by atoms with E-state index < -0.39 is 10.0 Å². The zero-order valence-electron chi connectivity index (χ0n) is 12.6. The summed E-state index contributed by atoms with van der Waals surface area (Å²) in [5, 5.41) is 2.62. The lowest BCUT2D eigenvalue weighted by atomic mass is 10.1. The largest absolute Gasteiger partial charge is 0.353 e. The number of nitrogens with two attached hydrogens (primary N) is 1. The molecule has 0 atom stereocenters. The number of aryl methyl sites for hydroxylation is 2. The van der Waals surface area contributed by atoms with Crippen molar-refractivity contribution in [2.24, 2.45) is 5.84 Å². The average Bonchev–Trinajstić information content (AvgIpc) is 2.34. The standard InChI is InChI=1S/C13H22N4O3S/c1-8(2)16-12(18)7-15-21(19,20)13-9(3)5-11(17-14)6-10(13)4/h5-6,8,15,17H,7,14H2,1-4H3,(H,16,18). The van der Waals surface area contributed by atoms with Crippen LogP contribution in [0, 0.1) is 13.8 Å². The number of rotatable bonds is 6. The molecule has 118 valence electrons. The van der Waals surface area contributed by atoms with Gasteiger partial charge >= 0.3 is 0 Å². The van der Waals surface area contributed by atoms with E-state index in [-0.39, 0.29) is 23.4 Å². The Morgan fingerprint density at radius 1 is 1.24 bits per heavy atom. The van der Waals surface area contributed by atoms with Crippen molar-refractivity contribution in [3.05, 3.63) is 23.3 Å². The normalized spacial score (nSPS) is 11.5. The van der Waals surface area contributed by atoms with Crippen LogP contribution in [0.15, 0.2) is 17.0 Å². The Hall–Kier alpha value is -1.64. The van der Waals surface area contributed by atoms with Gasteiger partial charge in [-0.15, -0.1) is 0 Å². The predicted octanol–water partition coefficient (Wildman–Crippen LogP) is 0.392. The lowest BCUT2D eigenvalue weighted by Crippen LogP contribution is -2.40. The Balaban J connectivity index is 2.96. The molecule has 21 heavy (non-hydrogen) atoms. The van der Waals surface area contributed by atoms with E-state index in [0.717, 1.165) is 0 Å². The summed E-state index contributed by atoms with van der Waals surface area (Å²) in [5.41, 5.74) is 4.22. The van der Waals surface area contributed by atoms with Crippen LogP contribution in [0.25, 0.3) is 0 Å². The molecular formula is C13H22N4O3S. The second-order valence-corrected chi connectivity index (χ2v) is 6.83. The third kappa shape index (κ3) is 4.69. The maximum Gasteiger partial charge on any atom is 0.241 e. The van der Waals surface area contributed by atoms with Crippen LogP contribution in [0.5, 0.6) is 0 Å². The van der Waals surface area contributed by atoms with Crippen LogP contribution in [0.4, 0.5) is 5.69 Å². The van der Waals surface area contributed by atoms with Gasteiger partial charge in [-0.1, -0.05) is 0 Å². The summed E-state index contributed by atoms with van der Waals surface area (Å²) in [6.45, 7) is 6.67. The Morgan fingerprint density at radius 3 is 2.19 bits per heavy atom. The molecule has 1 aromatic carbocycles. The second kappa shape index (κ2) is 6.88. The summed E-state index contributed by atoms with van der Waals surface area (Å²) in [6, 6.07) is 3.23. The monoisotopic (exact) mass is 314 g/mol. The van der Waals surface area contributed by atoms with Gasteiger partial charge in [0.25, 0.3) is 0 Å². The topological polar surface area (TPSA) is 113 Å². The molecular weight excluding hydrogens is 292 g/mol. The number of amides is 1. The SMILES string of the molecule is Cc1cc(NN)cc(C)c1S(=O)(=O)NCC(=O)NC(C)C. The molecule has 7 nitrogen and oxygen atoms in total. The number of sulfonamides is 1. The van der Waals surface area contributed by atoms with Crippen LogP contribution in [0.3, 0.4) is 0 Å². The smallest absolute Gasteiger partial charge is 0.241 e. The van der Waals surface area contributed by atoms with Crippen LogP contribution in [0.2, 0.25) is 0 Å². The van der Waals surface area contributed by atoms with Crippen molar-refractivity contribution < 1.29 is 13.2 Å². The molecule has 0 radical (unpaired) electrons. The van der Waals surface area contributed by atoms with Crippen LogP contribution in [-0.4, -0.2) is 26.9 Å². The number of carbonyl (C=O) groups excluding carboxylic acids is 1. The molecule has 0 aromatic heterocycles. The lowest BCUT2D eigenvalue weighted by molar-refractivity contribution is -0.120. The van der Waals surface area contributed by atoms with Gasteiger partial charge < -0.3 is 10.7 Å². The number of nitrogen functional groups attached to an aromatic ring is 1. The number of hydrazine groups is 1. The van der Waals surface area contributed by atoms with E-state index in [9.17, 15) is 13.2 Å². The van der Waals surface area contributed by atoms with E-state index in [0.29, 0.717) is 16.8 Å². The van der Waals surface area contributed by atoms with Crippen molar-refractivity contribution in [3.8, 4) is 0 Å². The maximum atomic E-state index is 12.3. The Kier molecular flexibility index (Phi) is 5.70. The molecule has 0 bridgehead atoms. The van der Waals surface area contributed by atoms with Crippen molar-refractivity contribution >= 4 is 21.6 Å². The van der Waals surface area contributed by atoms with Crippen LogP contribution in [-0.2, 0) is 14.8 Å². The molecule has 0 aliphatic rings. The summed E-state index contributed by atoms with van der Waals surface area (Å²) >= 11 is 0. The minimum Gasteiger partial charge on any atom is -0.353 e. The Labute approximate surface area is 125 Å². The number of hydrogen-bond donors (Lipinski definition) is 4. The van der Waals surface area contributed by atoms with Gasteiger partial charge in [-0.2, -0.15) is 0 Å². The van der Waals surface area contributed by atoms with E-state index in [1.165, 1.54) is 0 Å². The van der Waals surface area contributed by atoms with E-state index >= 15 is 0 Å². The van der Waals surface area contributed by atoms with Crippen LogP contribution < -0.4 is 21.3 Å². The van der Waals surface area contributed by atoms with Crippen LogP contribution >= 0.6 is 0 Å². The molecule has 0 fully saturated rings. The molecule has 0 aliphatic heterocycles. The van der Waals surface area contributed by atoms with Gasteiger partial charge in [0, 0.05) is 11.7 Å². The van der Waals surface area contributed by atoms with Crippen molar-refractivity contribution in [1.82, 2.24) is 10.0 Å². The highest BCUT2D eigenvalue weighted by molar-refractivity contribution is 7.89. The summed E-state index contributed by atoms with van der Waals surface area (Å²) < 4.78 is 26.9. The molecule has 0 saturated heterocycles. The number of hydrogen-bond acceptors (Lipinski definition) is 5. The lowest BCUT2D eigenvalue weighted by Gasteiger charge is -2.14. The molecule has 1 aromatic rings. The summed E-state index contributed by atoms with van der Waals surface area (Å²) in [4.78, 5) is 11.7. The van der Waals surface area contributed by atoms with E-state index in [1.807, 2.05) is 0 Å². The Bertz CT molecular complexity index is 603. The van der Waals surface area contributed by atoms with Crippen molar-refractivity contribution in [3.63, 3.8) is 0 Å². The molecule has 0 unspecified atom stereocenters. The van der Waals surface area contributed by atoms with Gasteiger partial charge in [0.15, 0.2) is 0 Å². The van der Waals surface area contributed by atoms with Crippen molar-refractivity contribution in [2.45, 2.75) is 38.6 Å². The number of nitrogens with one attached hydrogen (secondary N) is 3. The fourth-order valence-electron chi connectivity index (χ4n) is 2.06. The van der Waals surface area contributed by atoms with Gasteiger partial charge in [-0.25, -0.2) is 13.1 Å². The van der Waals surface area contributed by atoms with Crippen LogP contribution in [0.1, 0.15) is 25.0 Å². The fraction of sp³-hybridized carbons (Fsp3) is 0.462. The number of benzene rings is 1. The van der Waals surface area contributed by atoms with Gasteiger partial charge in [0.1, 0.15) is 0 Å². The molecule has 8 heteroatoms. The first-order valence-corrected chi connectivity index (χ1v) is 8.02. The molecule has 0 aliphatic carbocycles. The van der Waals surface area contributed by atoms with Gasteiger partial charge in [0.05, 0.1) is 11.4 Å². The quantitative estimate of drug-likeness (QED) is 0.448. The highest BCUT2D eigenvalue weighted by Crippen LogP contribution is 2.23. The fourth-order valence-corrected chi connectivity index (χ4v) is 3.49. The van der Waals surface area contributed by atoms with Gasteiger partial charge in [0.2, 0.25) is 15.9 Å². The van der Waals surface area contributed by atoms with E-state index in [2.05, 4.69) is 15.5 Å². The second-order valence-electron chi connectivity index (χ2n) is 5.13. The first-order valence-electron chi connectivity index (χ1n) is 6.54. The minimum absolute atomic E-state index is 0.0413. The van der Waals surface area contributed by atoms with Gasteiger partial charge in [-0.3, -0.25) is 10.6 Å². The molecule has 1 amide bonds. The van der Waals surface area contributed by atoms with E-state index in [1.54, 1.807) is 39.8 Å². The highest BCUT2D eigenvalue weighted by atomic mass is 32.2. The Morgan fingerprint density at radius 2 is 1.76 bits per heavy atom. The minimum atomic E-state index is -3.76. The molecule has 0 saturated carbocycles. The average molecular weight is 314 g/mol. The summed E-state index contributed by atoms with van der Waals surface area (Å²) in [7, 11) is -3.76. The molecule has 1 rings (SSSR count). The zero-order chi connectivity index (χ0) is 16.2. The van der Waals surface area contributed by atoms with Crippen molar-refractivity contribution in [2.75, 3.05) is 12.0 Å². The summed E-state index contributed by atoms with van der Waals surface area (Å²) in [5.74, 6) is 4.95. The molecule has 0 spiro atoms. The molecule has 5 N–H and O–H groups in total. The third-order valence-electron chi connectivity index (χ3n) is 2.77. The van der Waals surface area contributed by atoms with Gasteiger partial charge in [-0.05, 0) is 51.0 Å². The number of carbonyl (C=O) groups is 1. The third-order valence-corrected chi connectivity index (χ3v) is 4.47. The predicted molar refractivity (Wildman–Crippen MR) is 82.2 cm³/mol. The summed E-state index contributed by atoms with van der Waals surface area (Å²) in [6.07, 6.45) is 0.